The molecule has 4 aliphatic rings. The van der Waals surface area contributed by atoms with E-state index in [4.69, 9.17) is 28.2 Å². The minimum Gasteiger partial charge on any atom is -0.454 e. The van der Waals surface area contributed by atoms with Gasteiger partial charge in [-0.3, -0.25) is 4.55 Å². The zero-order valence-corrected chi connectivity index (χ0v) is 18.5. The van der Waals surface area contributed by atoms with Gasteiger partial charge in [-0.15, -0.1) is 0 Å². The predicted octanol–water partition coefficient (Wildman–Crippen LogP) is 1.29. The largest absolute Gasteiger partial charge is 0.465 e. The van der Waals surface area contributed by atoms with Crippen LogP contribution in [0.3, 0.4) is 0 Å². The Labute approximate surface area is 188 Å². The summed E-state index contributed by atoms with van der Waals surface area (Å²) in [6.07, 6.45) is 3.89. The number of hydrogen-bond acceptors (Lipinski definition) is 10. The molecule has 188 valence electrons. The van der Waals surface area contributed by atoms with E-state index >= 15 is 0 Å². The number of alkyl halides is 2. The molecule has 2 atom stereocenters. The molecule has 2 aliphatic carbocycles. The Kier molecular flexibility index (Phi) is 6.70. The van der Waals surface area contributed by atoms with E-state index < -0.39 is 63.8 Å². The highest BCUT2D eigenvalue weighted by molar-refractivity contribution is 7.87. The van der Waals surface area contributed by atoms with Gasteiger partial charge in [-0.2, -0.15) is 17.2 Å². The van der Waals surface area contributed by atoms with E-state index in [1.165, 1.54) is 0 Å². The minimum atomic E-state index is -6.06. The second-order valence-corrected chi connectivity index (χ2v) is 10.2. The molecule has 2 aliphatic heterocycles. The lowest BCUT2D eigenvalue weighted by Crippen LogP contribution is -2.46. The van der Waals surface area contributed by atoms with Gasteiger partial charge in [-0.25, -0.2) is 9.59 Å². The van der Waals surface area contributed by atoms with Gasteiger partial charge in [-0.05, 0) is 25.7 Å². The van der Waals surface area contributed by atoms with Gasteiger partial charge in [0.2, 0.25) is 0 Å². The zero-order valence-electron chi connectivity index (χ0n) is 17.7. The van der Waals surface area contributed by atoms with E-state index in [1.807, 2.05) is 0 Å². The molecule has 0 aromatic rings. The van der Waals surface area contributed by atoms with Crippen LogP contribution < -0.4 is 0 Å². The summed E-state index contributed by atoms with van der Waals surface area (Å²) in [5.41, 5.74) is 0. The molecule has 2 heterocycles. The normalized spacial score (nSPS) is 29.5. The van der Waals surface area contributed by atoms with Crippen LogP contribution in [0, 0.1) is 0 Å². The quantitative estimate of drug-likeness (QED) is 0.399. The van der Waals surface area contributed by atoms with Gasteiger partial charge in [0.25, 0.3) is 0 Å². The number of ether oxygens (including phenoxy) is 6. The first-order valence-electron chi connectivity index (χ1n) is 10.8. The molecule has 0 radical (unpaired) electrons. The third-order valence-corrected chi connectivity index (χ3v) is 7.18. The average Bonchev–Trinajstić information content (AvgIpc) is 3.55. The van der Waals surface area contributed by atoms with Crippen molar-refractivity contribution in [3.8, 4) is 0 Å². The van der Waals surface area contributed by atoms with E-state index in [0.29, 0.717) is 25.7 Å². The molecule has 0 aromatic heterocycles. The fraction of sp³-hybridized carbons (Fsp3) is 0.895. The maximum absolute atomic E-state index is 13.3. The summed E-state index contributed by atoms with van der Waals surface area (Å²) in [4.78, 5) is 23.7. The molecular formula is C19H26F2O11S. The predicted molar refractivity (Wildman–Crippen MR) is 101 cm³/mol. The van der Waals surface area contributed by atoms with Crippen molar-refractivity contribution in [2.24, 2.45) is 0 Å². The number of hydrogen-bond donors (Lipinski definition) is 1. The Morgan fingerprint density at radius 3 is 1.85 bits per heavy atom. The minimum absolute atomic E-state index is 0.103. The topological polar surface area (TPSA) is 144 Å². The van der Waals surface area contributed by atoms with E-state index in [2.05, 4.69) is 4.74 Å². The summed E-state index contributed by atoms with van der Waals surface area (Å²) in [7, 11) is -6.06. The molecule has 0 bridgehead atoms. The summed E-state index contributed by atoms with van der Waals surface area (Å²) in [6, 6.07) is 0. The number of esters is 2. The molecule has 0 amide bonds. The summed E-state index contributed by atoms with van der Waals surface area (Å²) >= 11 is 0. The first-order valence-corrected chi connectivity index (χ1v) is 12.2. The van der Waals surface area contributed by atoms with E-state index in [-0.39, 0.29) is 13.2 Å². The van der Waals surface area contributed by atoms with Crippen molar-refractivity contribution in [2.45, 2.75) is 86.5 Å². The molecule has 1 N–H and O–H groups in total. The molecule has 2 spiro atoms. The highest BCUT2D eigenvalue weighted by atomic mass is 32.2. The lowest BCUT2D eigenvalue weighted by molar-refractivity contribution is -0.209. The Balaban J connectivity index is 1.41. The molecule has 11 nitrogen and oxygen atoms in total. The van der Waals surface area contributed by atoms with Crippen LogP contribution in [-0.2, 0) is 48.1 Å². The van der Waals surface area contributed by atoms with Crippen molar-refractivity contribution in [1.82, 2.24) is 0 Å². The number of rotatable bonds is 7. The maximum Gasteiger partial charge on any atom is 0.465 e. The van der Waals surface area contributed by atoms with Gasteiger partial charge < -0.3 is 28.4 Å². The van der Waals surface area contributed by atoms with E-state index in [9.17, 15) is 26.8 Å². The Morgan fingerprint density at radius 1 is 0.970 bits per heavy atom. The molecule has 33 heavy (non-hydrogen) atoms. The molecule has 2 saturated heterocycles. The van der Waals surface area contributed by atoms with Gasteiger partial charge in [0.1, 0.15) is 12.2 Å². The maximum atomic E-state index is 13.3. The standard InChI is InChI=1S/C19H26F2O11S/c20-19(21,33(24,25)26)16(23)27-11-14(22)30-15(12-9-28-17(31-12)5-1-2-6-17)13-10-29-18(32-13)7-3-4-8-18/h12-13,15H,1-11H2,(H,24,25,26). The molecule has 2 unspecified atom stereocenters. The van der Waals surface area contributed by atoms with Gasteiger partial charge in [0, 0.05) is 25.7 Å². The fourth-order valence-corrected chi connectivity index (χ4v) is 4.99. The van der Waals surface area contributed by atoms with Gasteiger partial charge >= 0.3 is 27.3 Å². The van der Waals surface area contributed by atoms with Crippen LogP contribution in [0.15, 0.2) is 0 Å². The molecule has 4 fully saturated rings. The van der Waals surface area contributed by atoms with Crippen molar-refractivity contribution in [2.75, 3.05) is 19.8 Å². The Bertz CT molecular complexity index is 831. The zero-order chi connectivity index (χ0) is 23.9. The smallest absolute Gasteiger partial charge is 0.454 e. The first kappa shape index (κ1) is 24.7. The SMILES string of the molecule is O=C(COC(=O)C(F)(F)S(=O)(=O)O)OC(C1COC2(CCCC2)O1)C1COC2(CCCC2)O1. The highest BCUT2D eigenvalue weighted by Crippen LogP contribution is 2.44. The van der Waals surface area contributed by atoms with Crippen molar-refractivity contribution in [3.63, 3.8) is 0 Å². The number of halogens is 2. The van der Waals surface area contributed by atoms with Gasteiger partial charge in [-0.1, -0.05) is 0 Å². The van der Waals surface area contributed by atoms with E-state index in [1.54, 1.807) is 0 Å². The van der Waals surface area contributed by atoms with Crippen molar-refractivity contribution < 1.29 is 59.8 Å². The third kappa shape index (κ3) is 5.00. The Morgan fingerprint density at radius 2 is 1.42 bits per heavy atom. The van der Waals surface area contributed by atoms with Crippen LogP contribution >= 0.6 is 0 Å². The molecule has 0 aromatic carbocycles. The summed E-state index contributed by atoms with van der Waals surface area (Å²) in [6.45, 7) is -1.10. The van der Waals surface area contributed by atoms with Gasteiger partial charge in [0.05, 0.1) is 13.2 Å². The Hall–Kier alpha value is -1.45. The number of carbonyl (C=O) groups is 2. The monoisotopic (exact) mass is 500 g/mol. The second-order valence-electron chi connectivity index (χ2n) is 8.69. The average molecular weight is 500 g/mol. The van der Waals surface area contributed by atoms with Crippen LogP contribution in [0.2, 0.25) is 0 Å². The summed E-state index contributed by atoms with van der Waals surface area (Å²) in [5.74, 6) is -5.38. The van der Waals surface area contributed by atoms with E-state index in [0.717, 1.165) is 25.7 Å². The van der Waals surface area contributed by atoms with Gasteiger partial charge in [0.15, 0.2) is 24.3 Å². The molecule has 4 rings (SSSR count). The lowest BCUT2D eigenvalue weighted by Gasteiger charge is -2.30. The van der Waals surface area contributed by atoms with Crippen LogP contribution in [0.4, 0.5) is 8.78 Å². The first-order chi connectivity index (χ1) is 15.5. The summed E-state index contributed by atoms with van der Waals surface area (Å²) < 4.78 is 89.7. The van der Waals surface area contributed by atoms with Crippen molar-refractivity contribution >= 4 is 22.1 Å². The third-order valence-electron chi connectivity index (χ3n) is 6.37. The summed E-state index contributed by atoms with van der Waals surface area (Å²) in [5, 5.41) is -5.22. The van der Waals surface area contributed by atoms with Crippen molar-refractivity contribution in [1.29, 1.82) is 0 Å². The fourth-order valence-electron chi connectivity index (χ4n) is 4.72. The molecule has 14 heteroatoms. The van der Waals surface area contributed by atoms with Crippen LogP contribution in [0.25, 0.3) is 0 Å². The van der Waals surface area contributed by atoms with Crippen LogP contribution in [-0.4, -0.2) is 79.9 Å². The van der Waals surface area contributed by atoms with Crippen molar-refractivity contribution in [3.05, 3.63) is 0 Å². The lowest BCUT2D eigenvalue weighted by atomic mass is 10.1. The molecular weight excluding hydrogens is 474 g/mol. The van der Waals surface area contributed by atoms with Crippen LogP contribution in [0.5, 0.6) is 0 Å². The number of carbonyl (C=O) groups excluding carboxylic acids is 2. The highest BCUT2D eigenvalue weighted by Gasteiger charge is 2.55. The molecule has 2 saturated carbocycles. The van der Waals surface area contributed by atoms with Crippen LogP contribution in [0.1, 0.15) is 51.4 Å². The second kappa shape index (κ2) is 8.96.